The summed E-state index contributed by atoms with van der Waals surface area (Å²) in [4.78, 5) is 17.4. The summed E-state index contributed by atoms with van der Waals surface area (Å²) in [6, 6.07) is 16.5. The van der Waals surface area contributed by atoms with Crippen LogP contribution in [0.1, 0.15) is 20.3 Å². The summed E-state index contributed by atoms with van der Waals surface area (Å²) in [5.41, 5.74) is 0.149. The molecule has 0 aliphatic carbocycles. The Balaban J connectivity index is 1.74. The van der Waals surface area contributed by atoms with Gasteiger partial charge in [0.2, 0.25) is 0 Å². The molecule has 1 aromatic heterocycles. The Labute approximate surface area is 157 Å². The summed E-state index contributed by atoms with van der Waals surface area (Å²) >= 11 is 3.32. The fraction of sp³-hybridized carbons (Fsp3) is 0.350. The molecule has 0 fully saturated rings. The second-order valence-electron chi connectivity index (χ2n) is 5.95. The highest BCUT2D eigenvalue weighted by Crippen LogP contribution is 2.30. The minimum Gasteiger partial charge on any atom is -0.304 e. The molecule has 1 heterocycles. The lowest BCUT2D eigenvalue weighted by Gasteiger charge is -2.17. The van der Waals surface area contributed by atoms with Crippen LogP contribution in [0.2, 0.25) is 0 Å². The van der Waals surface area contributed by atoms with E-state index in [0.717, 1.165) is 42.7 Å². The van der Waals surface area contributed by atoms with Gasteiger partial charge in [0.15, 0.2) is 0 Å². The van der Waals surface area contributed by atoms with Crippen LogP contribution in [0.4, 0.5) is 0 Å². The van der Waals surface area contributed by atoms with Crippen molar-refractivity contribution in [3.05, 3.63) is 58.9 Å². The third-order valence-corrected chi connectivity index (χ3v) is 6.43. The van der Waals surface area contributed by atoms with E-state index >= 15 is 0 Å². The third kappa shape index (κ3) is 4.54. The minimum absolute atomic E-state index is 0.149. The van der Waals surface area contributed by atoms with E-state index in [2.05, 4.69) is 36.9 Å². The van der Waals surface area contributed by atoms with Crippen LogP contribution in [0.25, 0.3) is 10.1 Å². The number of aromatic nitrogens is 1. The van der Waals surface area contributed by atoms with Gasteiger partial charge >= 0.3 is 0 Å². The van der Waals surface area contributed by atoms with E-state index in [1.165, 1.54) is 9.79 Å². The number of hydrogen-bond acceptors (Lipinski definition) is 4. The van der Waals surface area contributed by atoms with Crippen LogP contribution in [0.3, 0.4) is 0 Å². The molecular weight excluding hydrogens is 348 g/mol. The van der Waals surface area contributed by atoms with Crippen LogP contribution in [0.5, 0.6) is 0 Å². The van der Waals surface area contributed by atoms with Crippen molar-refractivity contribution in [2.45, 2.75) is 36.6 Å². The molecule has 3 nitrogen and oxygen atoms in total. The summed E-state index contributed by atoms with van der Waals surface area (Å²) in [6.45, 7) is 8.34. The van der Waals surface area contributed by atoms with Gasteiger partial charge in [-0.3, -0.25) is 8.75 Å². The lowest BCUT2D eigenvalue weighted by atomic mass is 10.3. The predicted octanol–water partition coefficient (Wildman–Crippen LogP) is 4.95. The van der Waals surface area contributed by atoms with E-state index in [1.54, 1.807) is 23.3 Å². The largest absolute Gasteiger partial charge is 0.304 e. The number of hydrogen-bond donors (Lipinski definition) is 0. The summed E-state index contributed by atoms with van der Waals surface area (Å²) in [6.07, 6.45) is 1.01. The van der Waals surface area contributed by atoms with Gasteiger partial charge in [-0.1, -0.05) is 55.3 Å². The molecule has 0 aliphatic heterocycles. The van der Waals surface area contributed by atoms with Crippen molar-refractivity contribution in [2.75, 3.05) is 19.6 Å². The van der Waals surface area contributed by atoms with E-state index in [-0.39, 0.29) is 5.56 Å². The zero-order valence-corrected chi connectivity index (χ0v) is 16.4. The van der Waals surface area contributed by atoms with Crippen molar-refractivity contribution >= 4 is 33.4 Å². The fourth-order valence-electron chi connectivity index (χ4n) is 2.86. The molecule has 0 saturated heterocycles. The first-order chi connectivity index (χ1) is 12.2. The van der Waals surface area contributed by atoms with Crippen molar-refractivity contribution in [1.29, 1.82) is 0 Å². The quantitative estimate of drug-likeness (QED) is 0.560. The van der Waals surface area contributed by atoms with E-state index in [9.17, 15) is 4.79 Å². The maximum Gasteiger partial charge on any atom is 0.268 e. The molecule has 132 valence electrons. The molecule has 5 heteroatoms. The van der Waals surface area contributed by atoms with Gasteiger partial charge in [-0.2, -0.15) is 0 Å². The van der Waals surface area contributed by atoms with Gasteiger partial charge in [0.25, 0.3) is 5.56 Å². The number of fused-ring (bicyclic) bond motifs is 1. The summed E-state index contributed by atoms with van der Waals surface area (Å²) < 4.78 is 2.99. The maximum atomic E-state index is 12.6. The summed E-state index contributed by atoms with van der Waals surface area (Å²) in [5.74, 6) is 0. The van der Waals surface area contributed by atoms with Gasteiger partial charge in [-0.05, 0) is 56.4 Å². The molecular formula is C20H24N2OS2. The molecule has 0 saturated carbocycles. The van der Waals surface area contributed by atoms with E-state index in [0.29, 0.717) is 0 Å². The van der Waals surface area contributed by atoms with Crippen molar-refractivity contribution in [3.63, 3.8) is 0 Å². The standard InChI is InChI=1S/C20H24N2OS2/c1-3-21(4-2)13-8-14-22-20(23)18-12-11-17(15-19(18)25-22)24-16-9-6-5-7-10-16/h5-7,9-12,15H,3-4,8,13-14H2,1-2H3. The van der Waals surface area contributed by atoms with Gasteiger partial charge in [-0.25, -0.2) is 0 Å². The highest BCUT2D eigenvalue weighted by molar-refractivity contribution is 7.99. The van der Waals surface area contributed by atoms with Gasteiger partial charge < -0.3 is 4.90 Å². The Morgan fingerprint density at radius 2 is 1.80 bits per heavy atom. The smallest absolute Gasteiger partial charge is 0.268 e. The van der Waals surface area contributed by atoms with Crippen LogP contribution >= 0.6 is 23.3 Å². The molecule has 0 radical (unpaired) electrons. The van der Waals surface area contributed by atoms with Crippen LogP contribution in [-0.2, 0) is 6.54 Å². The third-order valence-electron chi connectivity index (χ3n) is 4.33. The molecule has 2 aromatic carbocycles. The lowest BCUT2D eigenvalue weighted by Crippen LogP contribution is -2.25. The first-order valence-electron chi connectivity index (χ1n) is 8.80. The summed E-state index contributed by atoms with van der Waals surface area (Å²) in [5, 5.41) is 0.838. The van der Waals surface area contributed by atoms with Gasteiger partial charge in [-0.15, -0.1) is 0 Å². The number of rotatable bonds is 8. The highest BCUT2D eigenvalue weighted by atomic mass is 32.2. The van der Waals surface area contributed by atoms with E-state index < -0.39 is 0 Å². The number of aryl methyl sites for hydroxylation is 1. The zero-order valence-electron chi connectivity index (χ0n) is 14.8. The lowest BCUT2D eigenvalue weighted by molar-refractivity contribution is 0.294. The summed E-state index contributed by atoms with van der Waals surface area (Å²) in [7, 11) is 0. The van der Waals surface area contributed by atoms with Crippen LogP contribution in [-0.4, -0.2) is 28.5 Å². The molecule has 0 amide bonds. The van der Waals surface area contributed by atoms with Crippen molar-refractivity contribution in [3.8, 4) is 0 Å². The monoisotopic (exact) mass is 372 g/mol. The Kier molecular flexibility index (Phi) is 6.34. The molecule has 25 heavy (non-hydrogen) atoms. The second kappa shape index (κ2) is 8.70. The first kappa shape index (κ1) is 18.2. The number of benzene rings is 2. The second-order valence-corrected chi connectivity index (χ2v) is 8.16. The SMILES string of the molecule is CCN(CC)CCCn1sc2cc(Sc3ccccc3)ccc2c1=O. The van der Waals surface area contributed by atoms with Crippen LogP contribution in [0, 0.1) is 0 Å². The molecule has 3 rings (SSSR count). The fourth-order valence-corrected chi connectivity index (χ4v) is 4.89. The molecule has 0 N–H and O–H groups in total. The zero-order chi connectivity index (χ0) is 17.6. The maximum absolute atomic E-state index is 12.6. The van der Waals surface area contributed by atoms with Crippen LogP contribution in [0.15, 0.2) is 63.1 Å². The average Bonchev–Trinajstić information content (AvgIpc) is 2.95. The highest BCUT2D eigenvalue weighted by Gasteiger charge is 2.09. The number of nitrogens with zero attached hydrogens (tertiary/aromatic N) is 2. The Hall–Kier alpha value is -1.56. The molecule has 0 spiro atoms. The molecule has 0 atom stereocenters. The van der Waals surface area contributed by atoms with Crippen molar-refractivity contribution in [1.82, 2.24) is 8.86 Å². The van der Waals surface area contributed by atoms with Gasteiger partial charge in [0.05, 0.1) is 10.1 Å². The Bertz CT molecular complexity index is 866. The molecule has 0 bridgehead atoms. The predicted molar refractivity (Wildman–Crippen MR) is 109 cm³/mol. The Morgan fingerprint density at radius 3 is 2.52 bits per heavy atom. The first-order valence-corrected chi connectivity index (χ1v) is 10.4. The molecule has 0 unspecified atom stereocenters. The average molecular weight is 373 g/mol. The van der Waals surface area contributed by atoms with Gasteiger partial charge in [0, 0.05) is 16.3 Å². The molecule has 3 aromatic rings. The van der Waals surface area contributed by atoms with Crippen LogP contribution < -0.4 is 5.56 Å². The topological polar surface area (TPSA) is 25.2 Å². The molecule has 0 aliphatic rings. The minimum atomic E-state index is 0.149. The van der Waals surface area contributed by atoms with Crippen molar-refractivity contribution in [2.24, 2.45) is 0 Å². The van der Waals surface area contributed by atoms with Crippen molar-refractivity contribution < 1.29 is 0 Å². The van der Waals surface area contributed by atoms with E-state index in [1.807, 2.05) is 34.3 Å². The van der Waals surface area contributed by atoms with Gasteiger partial charge in [0.1, 0.15) is 0 Å². The Morgan fingerprint density at radius 1 is 1.04 bits per heavy atom. The normalized spacial score (nSPS) is 11.5. The van der Waals surface area contributed by atoms with E-state index in [4.69, 9.17) is 0 Å².